The third kappa shape index (κ3) is 3.08. The van der Waals surface area contributed by atoms with Crippen LogP contribution in [0.4, 0.5) is 0 Å². The number of Topliss-reactive ketones (excluding diaryl/α,β-unsaturated/α-hetero) is 1. The van der Waals surface area contributed by atoms with E-state index >= 15 is 0 Å². The number of hydrogen-bond donors (Lipinski definition) is 0. The zero-order valence-electron chi connectivity index (χ0n) is 9.18. The molecule has 2 nitrogen and oxygen atoms in total. The topological polar surface area (TPSA) is 30.0 Å². The van der Waals surface area contributed by atoms with Gasteiger partial charge in [-0.3, -0.25) is 4.79 Å². The summed E-state index contributed by atoms with van der Waals surface area (Å²) in [7, 11) is 0. The number of aromatic nitrogens is 1. The van der Waals surface area contributed by atoms with E-state index in [-0.39, 0.29) is 5.78 Å². The van der Waals surface area contributed by atoms with Gasteiger partial charge in [0.15, 0.2) is 5.78 Å². The average Bonchev–Trinajstić information content (AvgIpc) is 2.32. The second-order valence-electron chi connectivity index (χ2n) is 3.47. The summed E-state index contributed by atoms with van der Waals surface area (Å²) >= 11 is 7.28. The van der Waals surface area contributed by atoms with Gasteiger partial charge in [0.2, 0.25) is 0 Å². The Morgan fingerprint density at radius 2 is 1.94 bits per heavy atom. The van der Waals surface area contributed by atoms with Crippen molar-refractivity contribution in [2.45, 2.75) is 16.8 Å². The number of benzene rings is 1. The van der Waals surface area contributed by atoms with Crippen molar-refractivity contribution in [3.63, 3.8) is 0 Å². The number of rotatable bonds is 3. The van der Waals surface area contributed by atoms with Crippen molar-refractivity contribution in [1.29, 1.82) is 0 Å². The predicted molar refractivity (Wildman–Crippen MR) is 69.8 cm³/mol. The average molecular weight is 264 g/mol. The molecule has 0 bridgehead atoms. The van der Waals surface area contributed by atoms with Crippen LogP contribution < -0.4 is 0 Å². The fourth-order valence-electron chi connectivity index (χ4n) is 1.35. The van der Waals surface area contributed by atoms with E-state index in [2.05, 4.69) is 4.98 Å². The van der Waals surface area contributed by atoms with Crippen LogP contribution in [0.25, 0.3) is 0 Å². The van der Waals surface area contributed by atoms with Gasteiger partial charge in [-0.05, 0) is 43.3 Å². The van der Waals surface area contributed by atoms with Gasteiger partial charge in [0.1, 0.15) is 5.03 Å². The van der Waals surface area contributed by atoms with Crippen molar-refractivity contribution in [2.75, 3.05) is 0 Å². The monoisotopic (exact) mass is 263 g/mol. The number of nitrogens with zero attached hydrogens (tertiary/aromatic N) is 1. The molecule has 2 aromatic rings. The highest BCUT2D eigenvalue weighted by atomic mass is 35.5. The summed E-state index contributed by atoms with van der Waals surface area (Å²) in [6, 6.07) is 11.0. The second-order valence-corrected chi connectivity index (χ2v) is 4.97. The molecule has 0 N–H and O–H groups in total. The van der Waals surface area contributed by atoms with E-state index in [0.29, 0.717) is 10.6 Å². The smallest absolute Gasteiger partial charge is 0.162 e. The number of ketones is 1. The van der Waals surface area contributed by atoms with Gasteiger partial charge < -0.3 is 0 Å². The Bertz CT molecular complexity index is 539. The van der Waals surface area contributed by atoms with E-state index in [9.17, 15) is 4.79 Å². The molecule has 1 heterocycles. The Balaban J connectivity index is 2.30. The van der Waals surface area contributed by atoms with Crippen molar-refractivity contribution >= 4 is 29.1 Å². The van der Waals surface area contributed by atoms with Gasteiger partial charge in [-0.1, -0.05) is 23.4 Å². The SMILES string of the molecule is CC(=O)c1cccnc1Sc1ccc(Cl)cc1. The van der Waals surface area contributed by atoms with E-state index in [1.807, 2.05) is 24.3 Å². The summed E-state index contributed by atoms with van der Waals surface area (Å²) in [5.41, 5.74) is 0.646. The first-order valence-corrected chi connectivity index (χ1v) is 6.25. The Morgan fingerprint density at radius 3 is 2.59 bits per heavy atom. The Hall–Kier alpha value is -1.32. The minimum absolute atomic E-state index is 0.0227. The lowest BCUT2D eigenvalue weighted by Crippen LogP contribution is -1.96. The molecule has 0 atom stereocenters. The normalized spacial score (nSPS) is 10.2. The van der Waals surface area contributed by atoms with Gasteiger partial charge in [-0.2, -0.15) is 0 Å². The molecule has 0 aliphatic carbocycles. The Morgan fingerprint density at radius 1 is 1.24 bits per heavy atom. The van der Waals surface area contributed by atoms with Crippen LogP contribution in [0.5, 0.6) is 0 Å². The Labute approximate surface area is 109 Å². The minimum Gasteiger partial charge on any atom is -0.294 e. The summed E-state index contributed by atoms with van der Waals surface area (Å²) in [5.74, 6) is 0.0227. The molecule has 1 aromatic carbocycles. The van der Waals surface area contributed by atoms with Crippen molar-refractivity contribution in [2.24, 2.45) is 0 Å². The maximum absolute atomic E-state index is 11.4. The van der Waals surface area contributed by atoms with E-state index in [4.69, 9.17) is 11.6 Å². The van der Waals surface area contributed by atoms with Gasteiger partial charge in [-0.15, -0.1) is 0 Å². The van der Waals surface area contributed by atoms with Crippen molar-refractivity contribution in [1.82, 2.24) is 4.98 Å². The molecule has 0 unspecified atom stereocenters. The first kappa shape index (κ1) is 12.1. The van der Waals surface area contributed by atoms with Crippen molar-refractivity contribution in [3.8, 4) is 0 Å². The van der Waals surface area contributed by atoms with Crippen LogP contribution in [-0.4, -0.2) is 10.8 Å². The fourth-order valence-corrected chi connectivity index (χ4v) is 2.41. The third-order valence-corrected chi connectivity index (χ3v) is 3.46. The lowest BCUT2D eigenvalue weighted by Gasteiger charge is -2.04. The van der Waals surface area contributed by atoms with Crippen LogP contribution >= 0.6 is 23.4 Å². The van der Waals surface area contributed by atoms with Gasteiger partial charge in [0.25, 0.3) is 0 Å². The zero-order chi connectivity index (χ0) is 12.3. The maximum atomic E-state index is 11.4. The van der Waals surface area contributed by atoms with Gasteiger partial charge in [0, 0.05) is 21.7 Å². The fraction of sp³-hybridized carbons (Fsp3) is 0.0769. The van der Waals surface area contributed by atoms with Gasteiger partial charge in [-0.25, -0.2) is 4.98 Å². The minimum atomic E-state index is 0.0227. The number of pyridine rings is 1. The van der Waals surface area contributed by atoms with E-state index in [0.717, 1.165) is 9.92 Å². The molecule has 1 aromatic heterocycles. The second kappa shape index (κ2) is 5.34. The molecule has 17 heavy (non-hydrogen) atoms. The summed E-state index contributed by atoms with van der Waals surface area (Å²) in [6.45, 7) is 1.54. The van der Waals surface area contributed by atoms with Crippen molar-refractivity contribution < 1.29 is 4.79 Å². The standard InChI is InChI=1S/C13H10ClNOS/c1-9(16)12-3-2-8-15-13(12)17-11-6-4-10(14)5-7-11/h2-8H,1H3. The molecule has 0 aliphatic heterocycles. The number of carbonyl (C=O) groups is 1. The largest absolute Gasteiger partial charge is 0.294 e. The quantitative estimate of drug-likeness (QED) is 0.782. The van der Waals surface area contributed by atoms with Crippen LogP contribution in [0.2, 0.25) is 5.02 Å². The first-order valence-electron chi connectivity index (χ1n) is 5.06. The maximum Gasteiger partial charge on any atom is 0.162 e. The summed E-state index contributed by atoms with van der Waals surface area (Å²) < 4.78 is 0. The predicted octanol–water partition coefficient (Wildman–Crippen LogP) is 4.09. The summed E-state index contributed by atoms with van der Waals surface area (Å²) in [6.07, 6.45) is 1.69. The number of hydrogen-bond acceptors (Lipinski definition) is 3. The molecule has 0 spiro atoms. The molecule has 0 saturated heterocycles. The third-order valence-electron chi connectivity index (χ3n) is 2.18. The molecule has 0 radical (unpaired) electrons. The van der Waals surface area contributed by atoms with Crippen LogP contribution in [-0.2, 0) is 0 Å². The molecular formula is C13H10ClNOS. The van der Waals surface area contributed by atoms with Crippen LogP contribution in [0, 0.1) is 0 Å². The molecular weight excluding hydrogens is 254 g/mol. The highest BCUT2D eigenvalue weighted by molar-refractivity contribution is 7.99. The van der Waals surface area contributed by atoms with Gasteiger partial charge in [0.05, 0.1) is 0 Å². The zero-order valence-corrected chi connectivity index (χ0v) is 10.8. The molecule has 0 amide bonds. The molecule has 0 fully saturated rings. The molecule has 4 heteroatoms. The first-order chi connectivity index (χ1) is 8.16. The molecule has 0 saturated carbocycles. The number of halogens is 1. The van der Waals surface area contributed by atoms with E-state index < -0.39 is 0 Å². The number of carbonyl (C=O) groups excluding carboxylic acids is 1. The lowest BCUT2D eigenvalue weighted by molar-refractivity contribution is 0.101. The van der Waals surface area contributed by atoms with Crippen LogP contribution in [0.1, 0.15) is 17.3 Å². The highest BCUT2D eigenvalue weighted by Crippen LogP contribution is 2.29. The molecule has 2 rings (SSSR count). The summed E-state index contributed by atoms with van der Waals surface area (Å²) in [5, 5.41) is 1.42. The lowest BCUT2D eigenvalue weighted by atomic mass is 10.2. The van der Waals surface area contributed by atoms with Crippen LogP contribution in [0.3, 0.4) is 0 Å². The Kier molecular flexibility index (Phi) is 3.82. The van der Waals surface area contributed by atoms with Crippen LogP contribution in [0.15, 0.2) is 52.5 Å². The summed E-state index contributed by atoms with van der Waals surface area (Å²) in [4.78, 5) is 16.7. The van der Waals surface area contributed by atoms with Crippen molar-refractivity contribution in [3.05, 3.63) is 53.2 Å². The van der Waals surface area contributed by atoms with Gasteiger partial charge >= 0.3 is 0 Å². The van der Waals surface area contributed by atoms with E-state index in [1.165, 1.54) is 11.8 Å². The molecule has 86 valence electrons. The van der Waals surface area contributed by atoms with E-state index in [1.54, 1.807) is 25.3 Å². The molecule has 0 aliphatic rings. The highest BCUT2D eigenvalue weighted by Gasteiger charge is 2.09.